The molecule has 0 bridgehead atoms. The average Bonchev–Trinajstić information content (AvgIpc) is 2.73. The largest absolute Gasteiger partial charge is 0.481 e. The number of hydrogen-bond donors (Lipinski definition) is 1. The summed E-state index contributed by atoms with van der Waals surface area (Å²) in [6.07, 6.45) is -0.858. The van der Waals surface area contributed by atoms with Crippen LogP contribution in [0.5, 0.6) is 5.75 Å². The maximum atomic E-state index is 14.4. The highest BCUT2D eigenvalue weighted by atomic mass is 19.2. The van der Waals surface area contributed by atoms with Gasteiger partial charge in [-0.2, -0.15) is 0 Å². The van der Waals surface area contributed by atoms with Gasteiger partial charge in [0, 0.05) is 19.3 Å². The first-order valence-corrected chi connectivity index (χ1v) is 9.84. The van der Waals surface area contributed by atoms with Crippen LogP contribution in [0.3, 0.4) is 0 Å². The van der Waals surface area contributed by atoms with Crippen LogP contribution in [0.25, 0.3) is 0 Å². The molecule has 0 unspecified atom stereocenters. The molecule has 0 saturated carbocycles. The van der Waals surface area contributed by atoms with Crippen LogP contribution in [-0.2, 0) is 9.47 Å². The molecule has 0 aliphatic heterocycles. The zero-order valence-electron chi connectivity index (χ0n) is 18.1. The van der Waals surface area contributed by atoms with E-state index >= 15 is 0 Å². The van der Waals surface area contributed by atoms with Crippen molar-refractivity contribution < 1.29 is 32.3 Å². The highest BCUT2D eigenvalue weighted by Gasteiger charge is 2.30. The average molecular weight is 444 g/mol. The minimum Gasteiger partial charge on any atom is -0.481 e. The van der Waals surface area contributed by atoms with E-state index in [1.54, 1.807) is 20.8 Å². The summed E-state index contributed by atoms with van der Waals surface area (Å²) >= 11 is 0. The summed E-state index contributed by atoms with van der Waals surface area (Å²) < 4.78 is 58.4. The summed E-state index contributed by atoms with van der Waals surface area (Å²) in [5.41, 5.74) is -1.40. The summed E-state index contributed by atoms with van der Waals surface area (Å²) in [5, 5.41) is 13.8. The minimum absolute atomic E-state index is 0.254. The summed E-state index contributed by atoms with van der Waals surface area (Å²) in [7, 11) is 0. The second kappa shape index (κ2) is 12.8. The van der Waals surface area contributed by atoms with Gasteiger partial charge in [-0.3, -0.25) is 10.1 Å². The van der Waals surface area contributed by atoms with Crippen LogP contribution in [0.2, 0.25) is 0 Å². The van der Waals surface area contributed by atoms with Crippen molar-refractivity contribution in [2.24, 2.45) is 0 Å². The van der Waals surface area contributed by atoms with E-state index in [1.165, 1.54) is 12.1 Å². The Morgan fingerprint density at radius 3 is 2.19 bits per heavy atom. The molecule has 172 valence electrons. The number of benzene rings is 2. The molecule has 0 fully saturated rings. The number of nitro groups is 1. The second-order valence-corrected chi connectivity index (χ2v) is 5.91. The molecule has 2 aromatic rings. The van der Waals surface area contributed by atoms with Gasteiger partial charge in [-0.1, -0.05) is 19.9 Å². The monoisotopic (exact) mass is 444 g/mol. The molecule has 0 radical (unpaired) electrons. The first kappa shape index (κ1) is 26.2. The Labute approximate surface area is 179 Å². The van der Waals surface area contributed by atoms with Gasteiger partial charge in [-0.15, -0.1) is 0 Å². The van der Waals surface area contributed by atoms with Gasteiger partial charge in [0.1, 0.15) is 12.4 Å². The lowest BCUT2D eigenvalue weighted by molar-refractivity contribution is -0.385. The summed E-state index contributed by atoms with van der Waals surface area (Å²) in [5.74, 6) is -4.26. The molecule has 0 aromatic heterocycles. The highest BCUT2D eigenvalue weighted by molar-refractivity contribution is 5.75. The number of hydrogen-bond acceptors (Lipinski definition) is 6. The summed E-state index contributed by atoms with van der Waals surface area (Å²) in [6, 6.07) is 4.48. The van der Waals surface area contributed by atoms with Gasteiger partial charge < -0.3 is 19.5 Å². The predicted molar refractivity (Wildman–Crippen MR) is 111 cm³/mol. The Balaban J connectivity index is 0.00000233. The Kier molecular flexibility index (Phi) is 10.8. The van der Waals surface area contributed by atoms with E-state index in [9.17, 15) is 23.3 Å². The van der Waals surface area contributed by atoms with Crippen molar-refractivity contribution in [3.63, 3.8) is 0 Å². The summed E-state index contributed by atoms with van der Waals surface area (Å²) in [4.78, 5) is 10.6. The number of aryl methyl sites for hydroxylation is 1. The number of anilines is 2. The molecule has 1 N–H and O–H groups in total. The van der Waals surface area contributed by atoms with E-state index in [-0.39, 0.29) is 25.5 Å². The van der Waals surface area contributed by atoms with E-state index in [2.05, 4.69) is 5.32 Å². The molecule has 10 heteroatoms. The molecular weight excluding hydrogens is 417 g/mol. The Bertz CT molecular complexity index is 875. The lowest BCUT2D eigenvalue weighted by Crippen LogP contribution is -2.25. The zero-order chi connectivity index (χ0) is 23.6. The third kappa shape index (κ3) is 7.11. The topological polar surface area (TPSA) is 82.9 Å². The molecular formula is C21H27F3N2O5. The van der Waals surface area contributed by atoms with Crippen LogP contribution < -0.4 is 10.1 Å². The lowest BCUT2D eigenvalue weighted by atomic mass is 10.2. The van der Waals surface area contributed by atoms with Crippen LogP contribution in [0.15, 0.2) is 24.3 Å². The molecule has 0 atom stereocenters. The Morgan fingerprint density at radius 2 is 1.68 bits per heavy atom. The van der Waals surface area contributed by atoms with Crippen molar-refractivity contribution in [1.82, 2.24) is 0 Å². The fourth-order valence-electron chi connectivity index (χ4n) is 2.53. The number of halogens is 3. The highest BCUT2D eigenvalue weighted by Crippen LogP contribution is 2.40. The van der Waals surface area contributed by atoms with E-state index in [4.69, 9.17) is 14.2 Å². The van der Waals surface area contributed by atoms with Crippen LogP contribution in [-0.4, -0.2) is 31.0 Å². The zero-order valence-corrected chi connectivity index (χ0v) is 18.1. The van der Waals surface area contributed by atoms with Gasteiger partial charge in [0.05, 0.1) is 10.6 Å². The third-order valence-electron chi connectivity index (χ3n) is 3.80. The molecule has 0 spiro atoms. The van der Waals surface area contributed by atoms with Crippen molar-refractivity contribution in [2.75, 3.05) is 25.1 Å². The van der Waals surface area contributed by atoms with E-state index < -0.39 is 45.8 Å². The molecule has 31 heavy (non-hydrogen) atoms. The van der Waals surface area contributed by atoms with Crippen LogP contribution in [0.1, 0.15) is 33.3 Å². The lowest BCUT2D eigenvalue weighted by Gasteiger charge is -2.18. The Hall–Kier alpha value is -2.85. The van der Waals surface area contributed by atoms with Gasteiger partial charge >= 0.3 is 5.69 Å². The molecule has 0 heterocycles. The van der Waals surface area contributed by atoms with Gasteiger partial charge in [-0.05, 0) is 38.5 Å². The van der Waals surface area contributed by atoms with Crippen LogP contribution in [0, 0.1) is 34.5 Å². The normalized spacial score (nSPS) is 10.5. The molecule has 0 aliphatic carbocycles. The molecule has 2 rings (SSSR count). The Morgan fingerprint density at radius 1 is 1.06 bits per heavy atom. The predicted octanol–water partition coefficient (Wildman–Crippen LogP) is 5.87. The standard InChI is InChI=1S/C19H21F3N2O5.C2H6/c1-4-27-16(28-5-2)10-29-15-9-13(21)17(22)18(19(15)24(25)26)23-14-7-6-11(3)8-12(14)20;1-2/h6-9,16,23H,4-5,10H2,1-3H3;1-2H3. The van der Waals surface area contributed by atoms with Crippen LogP contribution >= 0.6 is 0 Å². The quantitative estimate of drug-likeness (QED) is 0.280. The molecule has 7 nitrogen and oxygen atoms in total. The smallest absolute Gasteiger partial charge is 0.337 e. The van der Waals surface area contributed by atoms with Crippen molar-refractivity contribution in [3.8, 4) is 5.75 Å². The van der Waals surface area contributed by atoms with Crippen molar-refractivity contribution in [1.29, 1.82) is 0 Å². The first-order valence-electron chi connectivity index (χ1n) is 9.84. The SMILES string of the molecule is CC.CCOC(COc1cc(F)c(F)c(Nc2ccc(C)cc2F)c1[N+](=O)[O-])OCC. The van der Waals surface area contributed by atoms with E-state index in [0.29, 0.717) is 11.6 Å². The molecule has 2 aromatic carbocycles. The number of nitrogens with zero attached hydrogens (tertiary/aromatic N) is 1. The fraction of sp³-hybridized carbons (Fsp3) is 0.429. The van der Waals surface area contributed by atoms with Gasteiger partial charge in [0.15, 0.2) is 23.6 Å². The maximum Gasteiger partial charge on any atom is 0.337 e. The van der Waals surface area contributed by atoms with E-state index in [0.717, 1.165) is 6.07 Å². The van der Waals surface area contributed by atoms with Gasteiger partial charge in [0.2, 0.25) is 5.75 Å². The minimum atomic E-state index is -1.53. The number of nitrogens with one attached hydrogen (secondary N) is 1. The van der Waals surface area contributed by atoms with Crippen molar-refractivity contribution >= 4 is 17.1 Å². The van der Waals surface area contributed by atoms with Gasteiger partial charge in [-0.25, -0.2) is 13.2 Å². The maximum absolute atomic E-state index is 14.4. The second-order valence-electron chi connectivity index (χ2n) is 5.91. The van der Waals surface area contributed by atoms with Gasteiger partial charge in [0.25, 0.3) is 0 Å². The number of rotatable bonds is 10. The van der Waals surface area contributed by atoms with E-state index in [1.807, 2.05) is 13.8 Å². The summed E-state index contributed by atoms with van der Waals surface area (Å²) in [6.45, 7) is 9.33. The number of ether oxygens (including phenoxy) is 3. The van der Waals surface area contributed by atoms with Crippen LogP contribution in [0.4, 0.5) is 30.2 Å². The van der Waals surface area contributed by atoms with Crippen molar-refractivity contribution in [2.45, 2.75) is 40.9 Å². The third-order valence-corrected chi connectivity index (χ3v) is 3.80. The van der Waals surface area contributed by atoms with Crippen molar-refractivity contribution in [3.05, 3.63) is 57.4 Å². The molecule has 0 aliphatic rings. The number of nitro benzene ring substituents is 1. The molecule has 0 saturated heterocycles. The fourth-order valence-corrected chi connectivity index (χ4v) is 2.53. The molecule has 0 amide bonds. The first-order chi connectivity index (χ1) is 14.8.